The summed E-state index contributed by atoms with van der Waals surface area (Å²) in [4.78, 5) is 5.42. The smallest absolute Gasteiger partial charge is 0.161 e. The van der Waals surface area contributed by atoms with E-state index in [1.54, 1.807) is 14.2 Å². The molecule has 0 fully saturated rings. The molecule has 0 radical (unpaired) electrons. The molecule has 1 aliphatic heterocycles. The van der Waals surface area contributed by atoms with Crippen LogP contribution in [0.5, 0.6) is 11.5 Å². The highest BCUT2D eigenvalue weighted by atomic mass is 16.5. The summed E-state index contributed by atoms with van der Waals surface area (Å²) in [6, 6.07) is 35.5. The fraction of sp³-hybridized carbons (Fsp3) is 0.138. The Balaban J connectivity index is 1.69. The molecular weight excluding hydrogens is 408 g/mol. The molecule has 1 N–H and O–H groups in total. The van der Waals surface area contributed by atoms with E-state index in [-0.39, 0.29) is 0 Å². The Morgan fingerprint density at radius 2 is 1.30 bits per heavy atom. The fourth-order valence-corrected chi connectivity index (χ4v) is 4.59. The first-order chi connectivity index (χ1) is 16.2. The number of hydrogen-bond acceptors (Lipinski definition) is 4. The largest absolute Gasteiger partial charge is 0.493 e. The molecular formula is C29H26N2O2. The van der Waals surface area contributed by atoms with Crippen LogP contribution in [-0.2, 0) is 12.0 Å². The van der Waals surface area contributed by atoms with E-state index in [1.165, 1.54) is 0 Å². The first-order valence-electron chi connectivity index (χ1n) is 11.0. The molecule has 0 bridgehead atoms. The number of hydrogen-bond donors (Lipinski definition) is 1. The van der Waals surface area contributed by atoms with Gasteiger partial charge in [0.25, 0.3) is 0 Å². The van der Waals surface area contributed by atoms with Crippen molar-refractivity contribution in [2.45, 2.75) is 12.0 Å². The van der Waals surface area contributed by atoms with Crippen LogP contribution in [0.4, 0.5) is 5.69 Å². The lowest BCUT2D eigenvalue weighted by Crippen LogP contribution is -2.36. The van der Waals surface area contributed by atoms with Gasteiger partial charge in [0, 0.05) is 17.7 Å². The van der Waals surface area contributed by atoms with Crippen molar-refractivity contribution in [2.24, 2.45) is 4.99 Å². The quantitative estimate of drug-likeness (QED) is 0.401. The Morgan fingerprint density at radius 1 is 0.697 bits per heavy atom. The normalized spacial score (nSPS) is 13.9. The Bertz CT molecular complexity index is 1240. The predicted octanol–water partition coefficient (Wildman–Crippen LogP) is 6.06. The van der Waals surface area contributed by atoms with E-state index in [4.69, 9.17) is 14.5 Å². The van der Waals surface area contributed by atoms with Gasteiger partial charge in [-0.05, 0) is 34.9 Å². The first kappa shape index (κ1) is 20.8. The summed E-state index contributed by atoms with van der Waals surface area (Å²) in [5.41, 5.74) is 4.92. The van der Waals surface area contributed by atoms with Crippen LogP contribution in [0.2, 0.25) is 0 Å². The Kier molecular flexibility index (Phi) is 5.57. The highest BCUT2D eigenvalue weighted by Crippen LogP contribution is 2.46. The molecule has 4 heteroatoms. The Morgan fingerprint density at radius 3 is 1.94 bits per heavy atom. The summed E-state index contributed by atoms with van der Waals surface area (Å²) in [7, 11) is 3.30. The lowest BCUT2D eigenvalue weighted by molar-refractivity contribution is 0.354. The van der Waals surface area contributed by atoms with Gasteiger partial charge < -0.3 is 14.8 Å². The molecule has 33 heavy (non-hydrogen) atoms. The number of para-hydroxylation sites is 1. The second kappa shape index (κ2) is 8.83. The average Bonchev–Trinajstić information content (AvgIpc) is 2.89. The molecule has 0 spiro atoms. The molecule has 1 heterocycles. The van der Waals surface area contributed by atoms with Crippen molar-refractivity contribution in [1.82, 2.24) is 0 Å². The molecule has 0 amide bonds. The van der Waals surface area contributed by atoms with E-state index in [9.17, 15) is 0 Å². The summed E-state index contributed by atoms with van der Waals surface area (Å²) in [6.07, 6.45) is 0.635. The van der Waals surface area contributed by atoms with Gasteiger partial charge in [0.1, 0.15) is 11.4 Å². The molecule has 164 valence electrons. The molecule has 0 saturated carbocycles. The predicted molar refractivity (Wildman–Crippen MR) is 134 cm³/mol. The maximum absolute atomic E-state index is 5.52. The van der Waals surface area contributed by atoms with Crippen molar-refractivity contribution in [3.63, 3.8) is 0 Å². The number of aliphatic imine (C=N–C) groups is 1. The van der Waals surface area contributed by atoms with E-state index in [2.05, 4.69) is 84.2 Å². The van der Waals surface area contributed by atoms with E-state index < -0.39 is 5.54 Å². The summed E-state index contributed by atoms with van der Waals surface area (Å²) in [5, 5.41) is 3.58. The van der Waals surface area contributed by atoms with E-state index in [0.29, 0.717) is 17.9 Å². The first-order valence-corrected chi connectivity index (χ1v) is 11.0. The minimum absolute atomic E-state index is 0.635. The number of ether oxygens (including phenoxy) is 2. The molecule has 4 aromatic rings. The molecule has 1 aliphatic rings. The molecule has 0 atom stereocenters. The highest BCUT2D eigenvalue weighted by molar-refractivity contribution is 6.00. The SMILES string of the molecule is COc1ccc(CC2=NC(c3ccccc3)(c3ccccc3)c3ccccc3N2)cc1OC. The number of fused-ring (bicyclic) bond motifs is 1. The number of methoxy groups -OCH3 is 2. The van der Waals surface area contributed by atoms with Crippen molar-refractivity contribution in [2.75, 3.05) is 19.5 Å². The van der Waals surface area contributed by atoms with E-state index in [0.717, 1.165) is 33.8 Å². The second-order valence-corrected chi connectivity index (χ2v) is 8.04. The van der Waals surface area contributed by atoms with Gasteiger partial charge in [-0.15, -0.1) is 0 Å². The molecule has 4 aromatic carbocycles. The van der Waals surface area contributed by atoms with Gasteiger partial charge in [-0.25, -0.2) is 0 Å². The number of benzene rings is 4. The second-order valence-electron chi connectivity index (χ2n) is 8.04. The zero-order valence-corrected chi connectivity index (χ0v) is 18.8. The van der Waals surface area contributed by atoms with Crippen LogP contribution in [-0.4, -0.2) is 20.1 Å². The average molecular weight is 435 g/mol. The van der Waals surface area contributed by atoms with Gasteiger partial charge in [-0.2, -0.15) is 0 Å². The van der Waals surface area contributed by atoms with Crippen LogP contribution in [0.25, 0.3) is 0 Å². The Labute approximate surface area is 194 Å². The third kappa shape index (κ3) is 3.74. The van der Waals surface area contributed by atoms with Crippen LogP contribution < -0.4 is 14.8 Å². The van der Waals surface area contributed by atoms with Crippen molar-refractivity contribution in [3.8, 4) is 11.5 Å². The molecule has 4 nitrogen and oxygen atoms in total. The monoisotopic (exact) mass is 434 g/mol. The zero-order chi connectivity index (χ0) is 22.7. The van der Waals surface area contributed by atoms with Crippen molar-refractivity contribution in [3.05, 3.63) is 125 Å². The molecule has 5 rings (SSSR count). The summed E-state index contributed by atoms with van der Waals surface area (Å²) in [5.74, 6) is 2.32. The van der Waals surface area contributed by atoms with Crippen LogP contribution >= 0.6 is 0 Å². The highest BCUT2D eigenvalue weighted by Gasteiger charge is 2.40. The summed E-state index contributed by atoms with van der Waals surface area (Å²) >= 11 is 0. The number of rotatable bonds is 6. The van der Waals surface area contributed by atoms with Crippen molar-refractivity contribution < 1.29 is 9.47 Å². The van der Waals surface area contributed by atoms with Gasteiger partial charge >= 0.3 is 0 Å². The van der Waals surface area contributed by atoms with Crippen molar-refractivity contribution >= 4 is 11.5 Å². The number of nitrogens with zero attached hydrogens (tertiary/aromatic N) is 1. The van der Waals surface area contributed by atoms with Gasteiger partial charge in [0.05, 0.1) is 14.2 Å². The molecule has 0 aromatic heterocycles. The maximum atomic E-state index is 5.52. The lowest BCUT2D eigenvalue weighted by atomic mass is 9.76. The molecule has 0 saturated heterocycles. The summed E-state index contributed by atoms with van der Waals surface area (Å²) < 4.78 is 10.9. The fourth-order valence-electron chi connectivity index (χ4n) is 4.59. The minimum atomic E-state index is -0.643. The van der Waals surface area contributed by atoms with Crippen LogP contribution in [0.1, 0.15) is 22.3 Å². The van der Waals surface area contributed by atoms with Gasteiger partial charge in [-0.1, -0.05) is 84.9 Å². The van der Waals surface area contributed by atoms with Crippen LogP contribution in [0, 0.1) is 0 Å². The molecule has 0 unspecified atom stereocenters. The number of amidine groups is 1. The number of anilines is 1. The van der Waals surface area contributed by atoms with Crippen LogP contribution in [0.3, 0.4) is 0 Å². The lowest BCUT2D eigenvalue weighted by Gasteiger charge is -2.38. The minimum Gasteiger partial charge on any atom is -0.493 e. The third-order valence-corrected chi connectivity index (χ3v) is 6.10. The third-order valence-electron chi connectivity index (χ3n) is 6.10. The summed E-state index contributed by atoms with van der Waals surface area (Å²) in [6.45, 7) is 0. The van der Waals surface area contributed by atoms with Gasteiger partial charge in [0.15, 0.2) is 11.5 Å². The topological polar surface area (TPSA) is 42.8 Å². The Hall–Kier alpha value is -4.05. The number of nitrogens with one attached hydrogen (secondary N) is 1. The zero-order valence-electron chi connectivity index (χ0n) is 18.8. The molecule has 0 aliphatic carbocycles. The van der Waals surface area contributed by atoms with E-state index >= 15 is 0 Å². The van der Waals surface area contributed by atoms with Gasteiger partial charge in [-0.3, -0.25) is 4.99 Å². The van der Waals surface area contributed by atoms with Gasteiger partial charge in [0.2, 0.25) is 0 Å². The maximum Gasteiger partial charge on any atom is 0.161 e. The van der Waals surface area contributed by atoms with Crippen LogP contribution in [0.15, 0.2) is 108 Å². The van der Waals surface area contributed by atoms with Crippen molar-refractivity contribution in [1.29, 1.82) is 0 Å². The van der Waals surface area contributed by atoms with E-state index in [1.807, 2.05) is 24.3 Å². The standard InChI is InChI=1S/C29H26N2O2/c1-32-26-18-17-21(19-27(26)33-2)20-28-30-25-16-10-9-15-24(25)29(31-28,22-11-5-3-6-12-22)23-13-7-4-8-14-23/h3-19H,20H2,1-2H3,(H,30,31).